The van der Waals surface area contributed by atoms with Crippen molar-refractivity contribution in [2.75, 3.05) is 33.3 Å². The van der Waals surface area contributed by atoms with Crippen LogP contribution < -0.4 is 20.7 Å². The van der Waals surface area contributed by atoms with Crippen molar-refractivity contribution >= 4 is 33.3 Å². The monoisotopic (exact) mass is 440 g/mol. The molecule has 0 aliphatic carbocycles. The Morgan fingerprint density at radius 3 is 2.68 bits per heavy atom. The van der Waals surface area contributed by atoms with Crippen LogP contribution in [0.4, 0.5) is 0 Å². The van der Waals surface area contributed by atoms with E-state index in [1.54, 1.807) is 42.7 Å². The van der Waals surface area contributed by atoms with Crippen molar-refractivity contribution in [3.05, 3.63) is 65.0 Å². The van der Waals surface area contributed by atoms with Crippen LogP contribution in [-0.2, 0) is 0 Å². The van der Waals surface area contributed by atoms with Crippen LogP contribution in [0.5, 0.6) is 5.75 Å². The van der Waals surface area contributed by atoms with Gasteiger partial charge in [0.2, 0.25) is 0 Å². The maximum absolute atomic E-state index is 12.3. The Balaban J connectivity index is 1.49. The third kappa shape index (κ3) is 6.44. The zero-order valence-electron chi connectivity index (χ0n) is 17.7. The summed E-state index contributed by atoms with van der Waals surface area (Å²) in [7, 11) is 1.57. The Labute approximate surface area is 186 Å². The molecule has 31 heavy (non-hydrogen) atoms. The molecule has 0 bridgehead atoms. The molecule has 1 atom stereocenters. The molecule has 0 saturated heterocycles. The fourth-order valence-corrected chi connectivity index (χ4v) is 4.04. The van der Waals surface area contributed by atoms with Crippen LogP contribution in [0, 0.1) is 0 Å². The van der Waals surface area contributed by atoms with Gasteiger partial charge in [0.1, 0.15) is 11.9 Å². The van der Waals surface area contributed by atoms with Gasteiger partial charge in [0.15, 0.2) is 5.96 Å². The summed E-state index contributed by atoms with van der Waals surface area (Å²) in [6, 6.07) is 17.1. The van der Waals surface area contributed by atoms with Gasteiger partial charge in [-0.2, -0.15) is 0 Å². The van der Waals surface area contributed by atoms with Gasteiger partial charge >= 0.3 is 0 Å². The highest BCUT2D eigenvalue weighted by atomic mass is 32.1. The average Bonchev–Trinajstić information content (AvgIpc) is 3.24. The van der Waals surface area contributed by atoms with Gasteiger partial charge in [0.25, 0.3) is 5.91 Å². The maximum Gasteiger partial charge on any atom is 0.251 e. The number of amides is 1. The lowest BCUT2D eigenvalue weighted by molar-refractivity contribution is 0.0954. The number of fused-ring (bicyclic) bond motifs is 1. The highest BCUT2D eigenvalue weighted by Crippen LogP contribution is 2.29. The lowest BCUT2D eigenvalue weighted by Crippen LogP contribution is -2.41. The minimum Gasteiger partial charge on any atom is -0.497 e. The number of guanidine groups is 1. The first-order valence-corrected chi connectivity index (χ1v) is 11.0. The summed E-state index contributed by atoms with van der Waals surface area (Å²) in [5.41, 5.74) is 0.548. The van der Waals surface area contributed by atoms with Crippen LogP contribution in [0.2, 0.25) is 0 Å². The molecule has 0 radical (unpaired) electrons. The number of benzene rings is 2. The van der Waals surface area contributed by atoms with Gasteiger partial charge < -0.3 is 25.8 Å². The van der Waals surface area contributed by atoms with Gasteiger partial charge in [0, 0.05) is 34.8 Å². The van der Waals surface area contributed by atoms with Crippen LogP contribution in [0.15, 0.2) is 59.6 Å². The Hall–Kier alpha value is -3.10. The van der Waals surface area contributed by atoms with Crippen LogP contribution in [-0.4, -0.2) is 50.3 Å². The maximum atomic E-state index is 12.3. The number of aliphatic imine (C=N–C) groups is 1. The number of carbonyl (C=O) groups is 1. The van der Waals surface area contributed by atoms with Gasteiger partial charge in [-0.05, 0) is 42.6 Å². The van der Waals surface area contributed by atoms with Gasteiger partial charge in [-0.15, -0.1) is 11.3 Å². The number of rotatable bonds is 9. The fourth-order valence-electron chi connectivity index (χ4n) is 3.00. The van der Waals surface area contributed by atoms with Gasteiger partial charge in [-0.3, -0.25) is 9.79 Å². The topological polar surface area (TPSA) is 95.0 Å². The van der Waals surface area contributed by atoms with Crippen molar-refractivity contribution in [1.82, 2.24) is 16.0 Å². The van der Waals surface area contributed by atoms with Crippen LogP contribution >= 0.6 is 11.3 Å². The number of methoxy groups -OCH3 is 1. The molecule has 0 aliphatic rings. The van der Waals surface area contributed by atoms with E-state index in [1.807, 2.05) is 37.3 Å². The van der Waals surface area contributed by atoms with Crippen molar-refractivity contribution in [3.63, 3.8) is 0 Å². The summed E-state index contributed by atoms with van der Waals surface area (Å²) in [6.07, 6.45) is -0.666. The van der Waals surface area contributed by atoms with Crippen molar-refractivity contribution in [2.24, 2.45) is 4.99 Å². The summed E-state index contributed by atoms with van der Waals surface area (Å²) in [5, 5.41) is 20.9. The molecule has 1 aromatic heterocycles. The number of nitrogens with one attached hydrogen (secondary N) is 3. The average molecular weight is 441 g/mol. The molecule has 2 aromatic carbocycles. The van der Waals surface area contributed by atoms with Gasteiger partial charge in [-0.25, -0.2) is 0 Å². The van der Waals surface area contributed by atoms with Crippen molar-refractivity contribution in [1.29, 1.82) is 0 Å². The first-order valence-electron chi connectivity index (χ1n) is 10.2. The van der Waals surface area contributed by atoms with Crippen molar-refractivity contribution < 1.29 is 14.6 Å². The Morgan fingerprint density at radius 1 is 1.10 bits per heavy atom. The molecule has 0 spiro atoms. The molecular formula is C23H28N4O3S. The smallest absolute Gasteiger partial charge is 0.251 e. The molecule has 0 fully saturated rings. The Bertz CT molecular complexity index is 1000. The van der Waals surface area contributed by atoms with E-state index in [-0.39, 0.29) is 12.5 Å². The van der Waals surface area contributed by atoms with Crippen LogP contribution in [0.3, 0.4) is 0 Å². The summed E-state index contributed by atoms with van der Waals surface area (Å²) in [5.74, 6) is 1.07. The van der Waals surface area contributed by atoms with Crippen LogP contribution in [0.1, 0.15) is 28.3 Å². The quantitative estimate of drug-likeness (QED) is 0.233. The minimum atomic E-state index is -0.666. The third-order valence-electron chi connectivity index (χ3n) is 4.57. The van der Waals surface area contributed by atoms with E-state index in [0.29, 0.717) is 36.9 Å². The lowest BCUT2D eigenvalue weighted by atomic mass is 10.2. The van der Waals surface area contributed by atoms with Gasteiger partial charge in [-0.1, -0.05) is 24.3 Å². The van der Waals surface area contributed by atoms with Crippen LogP contribution in [0.25, 0.3) is 10.1 Å². The molecule has 8 heteroatoms. The Morgan fingerprint density at radius 2 is 1.90 bits per heavy atom. The van der Waals surface area contributed by atoms with E-state index < -0.39 is 6.10 Å². The number of nitrogens with zero attached hydrogens (tertiary/aromatic N) is 1. The number of carbonyl (C=O) groups excluding carboxylic acids is 1. The lowest BCUT2D eigenvalue weighted by Gasteiger charge is -2.13. The second-order valence-corrected chi connectivity index (χ2v) is 7.95. The van der Waals surface area contributed by atoms with E-state index in [1.165, 1.54) is 0 Å². The zero-order chi connectivity index (χ0) is 22.1. The van der Waals surface area contributed by atoms with Crippen molar-refractivity contribution in [3.8, 4) is 5.75 Å². The normalized spacial score (nSPS) is 12.4. The minimum absolute atomic E-state index is 0.164. The molecule has 0 saturated carbocycles. The number of ether oxygens (including phenoxy) is 1. The molecule has 0 aliphatic heterocycles. The van der Waals surface area contributed by atoms with E-state index >= 15 is 0 Å². The second kappa shape index (κ2) is 11.3. The van der Waals surface area contributed by atoms with E-state index in [9.17, 15) is 9.90 Å². The highest BCUT2D eigenvalue weighted by molar-refractivity contribution is 7.19. The van der Waals surface area contributed by atoms with E-state index in [0.717, 1.165) is 15.0 Å². The SMILES string of the molecule is CCNC(=NCC(O)c1cc2ccccc2s1)NCCNC(=O)c1cccc(OC)c1. The molecule has 3 rings (SSSR count). The first kappa shape index (κ1) is 22.6. The van der Waals surface area contributed by atoms with E-state index in [2.05, 4.69) is 20.9 Å². The predicted molar refractivity (Wildman–Crippen MR) is 126 cm³/mol. The molecule has 7 nitrogen and oxygen atoms in total. The molecular weight excluding hydrogens is 412 g/mol. The molecule has 1 unspecified atom stereocenters. The first-order chi connectivity index (χ1) is 15.1. The summed E-state index contributed by atoms with van der Waals surface area (Å²) in [4.78, 5) is 17.6. The molecule has 3 aromatic rings. The number of aliphatic hydroxyl groups excluding tert-OH is 1. The van der Waals surface area contributed by atoms with Gasteiger partial charge in [0.05, 0.1) is 13.7 Å². The fraction of sp³-hybridized carbons (Fsp3) is 0.304. The zero-order valence-corrected chi connectivity index (χ0v) is 18.5. The number of hydrogen-bond donors (Lipinski definition) is 4. The number of aliphatic hydroxyl groups is 1. The third-order valence-corrected chi connectivity index (χ3v) is 5.79. The molecule has 1 amide bonds. The van der Waals surface area contributed by atoms with E-state index in [4.69, 9.17) is 4.74 Å². The largest absolute Gasteiger partial charge is 0.497 e. The Kier molecular flexibility index (Phi) is 8.26. The summed E-state index contributed by atoms with van der Waals surface area (Å²) >= 11 is 1.58. The predicted octanol–water partition coefficient (Wildman–Crippen LogP) is 2.93. The summed E-state index contributed by atoms with van der Waals surface area (Å²) in [6.45, 7) is 3.85. The molecule has 164 valence electrons. The number of hydrogen-bond acceptors (Lipinski definition) is 5. The molecule has 4 N–H and O–H groups in total. The standard InChI is InChI=1S/C23H28N4O3S/c1-3-24-23(26-12-11-25-22(29)17-8-6-9-18(13-17)30-2)27-15-19(28)21-14-16-7-4-5-10-20(16)31-21/h4-10,13-14,19,28H,3,11-12,15H2,1-2H3,(H,25,29)(H2,24,26,27). The highest BCUT2D eigenvalue weighted by Gasteiger charge is 2.11. The van der Waals surface area contributed by atoms with Crippen molar-refractivity contribution in [2.45, 2.75) is 13.0 Å². The molecule has 1 heterocycles. The second-order valence-electron chi connectivity index (χ2n) is 6.84. The number of thiophene rings is 1. The summed E-state index contributed by atoms with van der Waals surface area (Å²) < 4.78 is 6.30.